The molecule has 0 aliphatic rings. The maximum Gasteiger partial charge on any atom is 0.253 e. The highest BCUT2D eigenvalue weighted by Gasteiger charge is 2.08. The van der Waals surface area contributed by atoms with Gasteiger partial charge < -0.3 is 10.6 Å². The van der Waals surface area contributed by atoms with Crippen LogP contribution in [0.25, 0.3) is 0 Å². The Bertz CT molecular complexity index is 379. The number of carbonyl (C=O) groups excluding carboxylic acids is 2. The molecule has 2 amide bonds. The number of hydrogen-bond acceptors (Lipinski definition) is 2. The molecule has 0 fully saturated rings. The lowest BCUT2D eigenvalue weighted by atomic mass is 10.1. The molecule has 15 heavy (non-hydrogen) atoms. The van der Waals surface area contributed by atoms with E-state index in [1.165, 1.54) is 19.2 Å². The minimum atomic E-state index is -0.928. The maximum absolute atomic E-state index is 11.8. The molecule has 1 rings (SSSR count). The molecule has 0 aliphatic heterocycles. The van der Waals surface area contributed by atoms with Crippen molar-refractivity contribution < 1.29 is 14.0 Å². The zero-order valence-electron chi connectivity index (χ0n) is 8.21. The summed E-state index contributed by atoms with van der Waals surface area (Å²) in [5.41, 5.74) is 0.623. The molecule has 5 heteroatoms. The first-order valence-corrected chi connectivity index (χ1v) is 4.35. The van der Waals surface area contributed by atoms with Gasteiger partial charge in [-0.2, -0.15) is 0 Å². The average Bonchev–Trinajstić information content (AvgIpc) is 2.28. The van der Waals surface area contributed by atoms with Crippen molar-refractivity contribution >= 4 is 11.8 Å². The van der Waals surface area contributed by atoms with Gasteiger partial charge in [-0.1, -0.05) is 6.07 Å². The zero-order chi connectivity index (χ0) is 11.3. The smallest absolute Gasteiger partial charge is 0.253 e. The van der Waals surface area contributed by atoms with Gasteiger partial charge in [0.2, 0.25) is 0 Å². The third-order valence-corrected chi connectivity index (χ3v) is 1.84. The van der Waals surface area contributed by atoms with Crippen LogP contribution in [-0.2, 0) is 0 Å². The van der Waals surface area contributed by atoms with E-state index < -0.39 is 12.7 Å². The largest absolute Gasteiger partial charge is 0.355 e. The van der Waals surface area contributed by atoms with Crippen LogP contribution in [0.3, 0.4) is 0 Å². The highest BCUT2D eigenvalue weighted by Crippen LogP contribution is 2.05. The lowest BCUT2D eigenvalue weighted by molar-refractivity contribution is 0.0937. The first kappa shape index (κ1) is 11.2. The van der Waals surface area contributed by atoms with Gasteiger partial charge in [-0.05, 0) is 18.2 Å². The summed E-state index contributed by atoms with van der Waals surface area (Å²) in [4.78, 5) is 22.5. The number of hydrogen-bond donors (Lipinski definition) is 2. The summed E-state index contributed by atoms with van der Waals surface area (Å²) in [5, 5.41) is 4.44. The van der Waals surface area contributed by atoms with Crippen LogP contribution >= 0.6 is 0 Å². The molecule has 0 saturated carbocycles. The summed E-state index contributed by atoms with van der Waals surface area (Å²) in [7, 11) is 1.50. The van der Waals surface area contributed by atoms with E-state index in [2.05, 4.69) is 5.32 Å². The van der Waals surface area contributed by atoms with Crippen molar-refractivity contribution in [1.29, 1.82) is 0 Å². The zero-order valence-corrected chi connectivity index (χ0v) is 8.21. The number of benzene rings is 1. The highest BCUT2D eigenvalue weighted by atomic mass is 19.1. The number of amides is 2. The van der Waals surface area contributed by atoms with Gasteiger partial charge in [0.1, 0.15) is 0 Å². The predicted molar refractivity (Wildman–Crippen MR) is 53.3 cm³/mol. The Morgan fingerprint density at radius 3 is 2.40 bits per heavy atom. The number of alkyl halides is 1. The normalized spacial score (nSPS) is 9.47. The highest BCUT2D eigenvalue weighted by molar-refractivity contribution is 5.99. The summed E-state index contributed by atoms with van der Waals surface area (Å²) in [6, 6.07) is 6.06. The van der Waals surface area contributed by atoms with E-state index in [1.807, 2.05) is 5.32 Å². The van der Waals surface area contributed by atoms with Crippen molar-refractivity contribution in [2.75, 3.05) is 13.8 Å². The van der Waals surface area contributed by atoms with Crippen molar-refractivity contribution in [3.8, 4) is 0 Å². The molecule has 0 spiro atoms. The van der Waals surface area contributed by atoms with E-state index in [4.69, 9.17) is 0 Å². The molecular weight excluding hydrogens is 199 g/mol. The van der Waals surface area contributed by atoms with E-state index >= 15 is 0 Å². The molecule has 1 aromatic rings. The van der Waals surface area contributed by atoms with Crippen molar-refractivity contribution in [3.05, 3.63) is 35.4 Å². The molecule has 2 N–H and O–H groups in total. The number of halogens is 1. The monoisotopic (exact) mass is 210 g/mol. The van der Waals surface area contributed by atoms with Gasteiger partial charge in [-0.15, -0.1) is 0 Å². The van der Waals surface area contributed by atoms with Crippen molar-refractivity contribution in [2.24, 2.45) is 0 Å². The third kappa shape index (κ3) is 2.77. The second kappa shape index (κ2) is 5.09. The lowest BCUT2D eigenvalue weighted by Crippen LogP contribution is -2.23. The topological polar surface area (TPSA) is 58.2 Å². The van der Waals surface area contributed by atoms with Gasteiger partial charge in [0.05, 0.1) is 0 Å². The molecule has 0 atom stereocenters. The number of rotatable bonds is 3. The van der Waals surface area contributed by atoms with Gasteiger partial charge >= 0.3 is 0 Å². The molecule has 0 radical (unpaired) electrons. The standard InChI is InChI=1S/C10H11FN2O2/c1-12-9(14)7-3-2-4-8(5-7)10(15)13-6-11/h2-5H,6H2,1H3,(H,12,14)(H,13,15). The quantitative estimate of drug-likeness (QED) is 0.721. The van der Waals surface area contributed by atoms with Crippen LogP contribution in [-0.4, -0.2) is 25.7 Å². The molecule has 0 bridgehead atoms. The summed E-state index contributed by atoms with van der Waals surface area (Å²) in [5.74, 6) is -0.826. The summed E-state index contributed by atoms with van der Waals surface area (Å²) < 4.78 is 11.8. The summed E-state index contributed by atoms with van der Waals surface area (Å²) in [6.07, 6.45) is 0. The van der Waals surface area contributed by atoms with E-state index in [1.54, 1.807) is 12.1 Å². The van der Waals surface area contributed by atoms with Gasteiger partial charge in [0, 0.05) is 18.2 Å². The van der Waals surface area contributed by atoms with Gasteiger partial charge in [0.25, 0.3) is 11.8 Å². The minimum Gasteiger partial charge on any atom is -0.355 e. The Labute approximate surface area is 86.5 Å². The van der Waals surface area contributed by atoms with E-state index in [0.717, 1.165) is 0 Å². The second-order valence-electron chi connectivity index (χ2n) is 2.80. The maximum atomic E-state index is 11.8. The Morgan fingerprint density at radius 2 is 1.87 bits per heavy atom. The van der Waals surface area contributed by atoms with Crippen LogP contribution in [0.2, 0.25) is 0 Å². The molecule has 0 heterocycles. The second-order valence-corrected chi connectivity index (χ2v) is 2.80. The van der Waals surface area contributed by atoms with Crippen LogP contribution in [0.5, 0.6) is 0 Å². The average molecular weight is 210 g/mol. The minimum absolute atomic E-state index is 0.258. The molecule has 4 nitrogen and oxygen atoms in total. The molecule has 0 saturated heterocycles. The first-order valence-electron chi connectivity index (χ1n) is 4.35. The Hall–Kier alpha value is -1.91. The fourth-order valence-electron chi connectivity index (χ4n) is 1.11. The Kier molecular flexibility index (Phi) is 3.79. The number of nitrogens with one attached hydrogen (secondary N) is 2. The van der Waals surface area contributed by atoms with Crippen LogP contribution in [0, 0.1) is 0 Å². The first-order chi connectivity index (χ1) is 7.19. The van der Waals surface area contributed by atoms with Crippen LogP contribution in [0.15, 0.2) is 24.3 Å². The summed E-state index contributed by atoms with van der Waals surface area (Å²) >= 11 is 0. The number of carbonyl (C=O) groups is 2. The third-order valence-electron chi connectivity index (χ3n) is 1.84. The molecule has 0 aliphatic carbocycles. The lowest BCUT2D eigenvalue weighted by Gasteiger charge is -2.03. The Morgan fingerprint density at radius 1 is 1.27 bits per heavy atom. The van der Waals surface area contributed by atoms with Gasteiger partial charge in [-0.3, -0.25) is 9.59 Å². The summed E-state index contributed by atoms with van der Waals surface area (Å²) in [6.45, 7) is -0.928. The van der Waals surface area contributed by atoms with Gasteiger partial charge in [-0.25, -0.2) is 4.39 Å². The fraction of sp³-hybridized carbons (Fsp3) is 0.200. The molecule has 80 valence electrons. The van der Waals surface area contributed by atoms with Crippen molar-refractivity contribution in [1.82, 2.24) is 10.6 Å². The van der Waals surface area contributed by atoms with E-state index in [0.29, 0.717) is 5.56 Å². The SMILES string of the molecule is CNC(=O)c1cccc(C(=O)NCF)c1. The van der Waals surface area contributed by atoms with Crippen molar-refractivity contribution in [2.45, 2.75) is 0 Å². The van der Waals surface area contributed by atoms with Crippen molar-refractivity contribution in [3.63, 3.8) is 0 Å². The molecule has 0 aromatic heterocycles. The van der Waals surface area contributed by atoms with Gasteiger partial charge in [0.15, 0.2) is 6.80 Å². The van der Waals surface area contributed by atoms with Crippen LogP contribution in [0.1, 0.15) is 20.7 Å². The molecular formula is C10H11FN2O2. The fourth-order valence-corrected chi connectivity index (χ4v) is 1.11. The van der Waals surface area contributed by atoms with Crippen LogP contribution < -0.4 is 10.6 Å². The predicted octanol–water partition coefficient (Wildman–Crippen LogP) is 0.703. The molecule has 0 unspecified atom stereocenters. The van der Waals surface area contributed by atoms with E-state index in [-0.39, 0.29) is 11.5 Å². The molecule has 1 aromatic carbocycles. The van der Waals surface area contributed by atoms with E-state index in [9.17, 15) is 14.0 Å². The van der Waals surface area contributed by atoms with Crippen LogP contribution in [0.4, 0.5) is 4.39 Å². The Balaban J connectivity index is 2.92.